The number of aryl methyl sites for hydroxylation is 1. The summed E-state index contributed by atoms with van der Waals surface area (Å²) in [5.41, 5.74) is 0.718. The van der Waals surface area contributed by atoms with Crippen molar-refractivity contribution in [3.63, 3.8) is 0 Å². The molecule has 0 N–H and O–H groups in total. The van der Waals surface area contributed by atoms with Crippen molar-refractivity contribution in [3.05, 3.63) is 34.6 Å². The van der Waals surface area contributed by atoms with Gasteiger partial charge in [0.25, 0.3) is 0 Å². The van der Waals surface area contributed by atoms with E-state index < -0.39 is 0 Å². The molecule has 3 heteroatoms. The van der Waals surface area contributed by atoms with Crippen molar-refractivity contribution in [3.8, 4) is 0 Å². The van der Waals surface area contributed by atoms with Crippen LogP contribution in [0.2, 0.25) is 5.02 Å². The van der Waals surface area contributed by atoms with Crippen molar-refractivity contribution in [1.82, 2.24) is 0 Å². The van der Waals surface area contributed by atoms with Crippen LogP contribution in [0.1, 0.15) is 32.3 Å². The number of hydrogen-bond donors (Lipinski definition) is 0. The predicted octanol–water partition coefficient (Wildman–Crippen LogP) is 5.22. The van der Waals surface area contributed by atoms with Crippen LogP contribution >= 0.6 is 27.5 Å². The summed E-state index contributed by atoms with van der Waals surface area (Å²) in [4.78, 5) is 0.509. The molecule has 1 aromatic carbocycles. The van der Waals surface area contributed by atoms with Gasteiger partial charge in [0, 0.05) is 9.85 Å². The largest absolute Gasteiger partial charge is 0.207 e. The maximum atomic E-state index is 13.4. The van der Waals surface area contributed by atoms with Gasteiger partial charge < -0.3 is 0 Å². The third-order valence-electron chi connectivity index (χ3n) is 2.66. The number of halogens is 3. The lowest BCUT2D eigenvalue weighted by Gasteiger charge is -2.13. The highest BCUT2D eigenvalue weighted by Crippen LogP contribution is 2.21. The van der Waals surface area contributed by atoms with Crippen LogP contribution in [0.25, 0.3) is 0 Å². The zero-order valence-electron chi connectivity index (χ0n) is 9.64. The Morgan fingerprint density at radius 2 is 2.06 bits per heavy atom. The summed E-state index contributed by atoms with van der Waals surface area (Å²) in [5.74, 6) is 0.462. The smallest absolute Gasteiger partial charge is 0.126 e. The quantitative estimate of drug-likeness (QED) is 0.654. The summed E-state index contributed by atoms with van der Waals surface area (Å²) < 4.78 is 13.4. The highest BCUT2D eigenvalue weighted by molar-refractivity contribution is 9.09. The van der Waals surface area contributed by atoms with Gasteiger partial charge in [0.2, 0.25) is 0 Å². The zero-order chi connectivity index (χ0) is 12.1. The van der Waals surface area contributed by atoms with Gasteiger partial charge >= 0.3 is 0 Å². The average Bonchev–Trinajstić information content (AvgIpc) is 2.22. The summed E-state index contributed by atoms with van der Waals surface area (Å²) in [5, 5.41) is 0.607. The Kier molecular flexibility index (Phi) is 5.77. The number of rotatable bonds is 5. The molecule has 0 radical (unpaired) electrons. The van der Waals surface area contributed by atoms with Crippen LogP contribution in [0, 0.1) is 11.7 Å². The molecular formula is C13H17BrClF. The lowest BCUT2D eigenvalue weighted by molar-refractivity contribution is 0.552. The first kappa shape index (κ1) is 14.0. The van der Waals surface area contributed by atoms with Crippen LogP contribution in [0.3, 0.4) is 0 Å². The van der Waals surface area contributed by atoms with E-state index >= 15 is 0 Å². The van der Waals surface area contributed by atoms with E-state index in [4.69, 9.17) is 11.6 Å². The molecule has 0 heterocycles. The molecule has 0 fully saturated rings. The highest BCUT2D eigenvalue weighted by Gasteiger charge is 2.09. The predicted molar refractivity (Wildman–Crippen MR) is 71.9 cm³/mol. The minimum absolute atomic E-state index is 0.153. The van der Waals surface area contributed by atoms with Crippen molar-refractivity contribution < 1.29 is 4.39 Å². The van der Waals surface area contributed by atoms with Gasteiger partial charge in [-0.2, -0.15) is 0 Å². The van der Waals surface area contributed by atoms with E-state index in [0.717, 1.165) is 24.8 Å². The highest BCUT2D eigenvalue weighted by atomic mass is 79.9. The fourth-order valence-electron chi connectivity index (χ4n) is 1.56. The standard InChI is InChI=1S/C13H17BrClF/c1-9(2)12(14)5-3-4-10-8-11(15)6-7-13(10)16/h6-9,12H,3-5H2,1-2H3. The lowest BCUT2D eigenvalue weighted by atomic mass is 10.0. The van der Waals surface area contributed by atoms with Gasteiger partial charge in [-0.1, -0.05) is 41.4 Å². The lowest BCUT2D eigenvalue weighted by Crippen LogP contribution is -2.07. The first-order valence-electron chi connectivity index (χ1n) is 5.58. The molecule has 0 aromatic heterocycles. The number of hydrogen-bond acceptors (Lipinski definition) is 0. The molecule has 1 atom stereocenters. The molecule has 0 aliphatic heterocycles. The van der Waals surface area contributed by atoms with E-state index in [2.05, 4.69) is 29.8 Å². The molecule has 1 aromatic rings. The first-order valence-corrected chi connectivity index (χ1v) is 6.88. The Morgan fingerprint density at radius 1 is 1.38 bits per heavy atom. The molecular weight excluding hydrogens is 290 g/mol. The van der Waals surface area contributed by atoms with Crippen LogP contribution in [0.4, 0.5) is 4.39 Å². The second kappa shape index (κ2) is 6.61. The number of alkyl halides is 1. The summed E-state index contributed by atoms with van der Waals surface area (Å²) in [6.07, 6.45) is 2.79. The van der Waals surface area contributed by atoms with Crippen LogP contribution in [0.5, 0.6) is 0 Å². The summed E-state index contributed by atoms with van der Waals surface area (Å²) >= 11 is 9.46. The minimum Gasteiger partial charge on any atom is -0.207 e. The maximum Gasteiger partial charge on any atom is 0.126 e. The fourth-order valence-corrected chi connectivity index (χ4v) is 2.07. The Bertz CT molecular complexity index is 339. The van der Waals surface area contributed by atoms with Crippen molar-refractivity contribution in [2.75, 3.05) is 0 Å². The van der Waals surface area contributed by atoms with Gasteiger partial charge in [-0.25, -0.2) is 4.39 Å². The van der Waals surface area contributed by atoms with E-state index in [0.29, 0.717) is 15.8 Å². The maximum absolute atomic E-state index is 13.4. The van der Waals surface area contributed by atoms with Gasteiger partial charge in [-0.3, -0.25) is 0 Å². The van der Waals surface area contributed by atoms with Crippen LogP contribution in [0.15, 0.2) is 18.2 Å². The molecule has 90 valence electrons. The molecule has 0 aliphatic carbocycles. The van der Waals surface area contributed by atoms with Crippen molar-refractivity contribution >= 4 is 27.5 Å². The molecule has 0 saturated heterocycles. The van der Waals surface area contributed by atoms with Crippen molar-refractivity contribution in [2.45, 2.75) is 37.9 Å². The van der Waals surface area contributed by atoms with E-state index in [1.54, 1.807) is 12.1 Å². The molecule has 0 amide bonds. The molecule has 1 rings (SSSR count). The van der Waals surface area contributed by atoms with Gasteiger partial charge in [-0.05, 0) is 48.9 Å². The van der Waals surface area contributed by atoms with E-state index in [1.165, 1.54) is 6.07 Å². The van der Waals surface area contributed by atoms with Gasteiger partial charge in [0.05, 0.1) is 0 Å². The molecule has 0 spiro atoms. The van der Waals surface area contributed by atoms with Crippen LogP contribution in [-0.2, 0) is 6.42 Å². The van der Waals surface area contributed by atoms with Crippen LogP contribution < -0.4 is 0 Å². The van der Waals surface area contributed by atoms with E-state index in [1.807, 2.05) is 0 Å². The summed E-state index contributed by atoms with van der Waals surface area (Å²) in [7, 11) is 0. The third kappa shape index (κ3) is 4.42. The van der Waals surface area contributed by atoms with Gasteiger partial charge in [0.1, 0.15) is 5.82 Å². The molecule has 0 aliphatic rings. The topological polar surface area (TPSA) is 0 Å². The molecule has 0 saturated carbocycles. The first-order chi connectivity index (χ1) is 7.50. The fraction of sp³-hybridized carbons (Fsp3) is 0.538. The molecule has 0 nitrogen and oxygen atoms in total. The Morgan fingerprint density at radius 3 is 2.69 bits per heavy atom. The second-order valence-corrected chi connectivity index (χ2v) is 6.00. The monoisotopic (exact) mass is 306 g/mol. The normalized spacial score (nSPS) is 13.1. The average molecular weight is 308 g/mol. The van der Waals surface area contributed by atoms with E-state index in [9.17, 15) is 4.39 Å². The van der Waals surface area contributed by atoms with Crippen LogP contribution in [-0.4, -0.2) is 4.83 Å². The Hall–Kier alpha value is -0.0800. The van der Waals surface area contributed by atoms with Gasteiger partial charge in [-0.15, -0.1) is 0 Å². The Balaban J connectivity index is 2.45. The molecule has 0 bridgehead atoms. The van der Waals surface area contributed by atoms with E-state index in [-0.39, 0.29) is 5.82 Å². The molecule has 1 unspecified atom stereocenters. The minimum atomic E-state index is -0.153. The van der Waals surface area contributed by atoms with Crippen molar-refractivity contribution in [1.29, 1.82) is 0 Å². The third-order valence-corrected chi connectivity index (χ3v) is 4.41. The van der Waals surface area contributed by atoms with Crippen molar-refractivity contribution in [2.24, 2.45) is 5.92 Å². The van der Waals surface area contributed by atoms with Gasteiger partial charge in [0.15, 0.2) is 0 Å². The number of benzene rings is 1. The summed E-state index contributed by atoms with van der Waals surface area (Å²) in [6, 6.07) is 4.74. The Labute approximate surface area is 110 Å². The second-order valence-electron chi connectivity index (χ2n) is 4.39. The SMILES string of the molecule is CC(C)C(Br)CCCc1cc(Cl)ccc1F. The summed E-state index contributed by atoms with van der Waals surface area (Å²) in [6.45, 7) is 4.36. The molecule has 16 heavy (non-hydrogen) atoms. The zero-order valence-corrected chi connectivity index (χ0v) is 12.0.